The van der Waals surface area contributed by atoms with Crippen LogP contribution in [0.5, 0.6) is 0 Å². The summed E-state index contributed by atoms with van der Waals surface area (Å²) in [7, 11) is 0. The van der Waals surface area contributed by atoms with Gasteiger partial charge in [0, 0.05) is 10.4 Å². The molecule has 0 saturated carbocycles. The molecule has 23 heavy (non-hydrogen) atoms. The lowest BCUT2D eigenvalue weighted by atomic mass is 9.71. The molecule has 3 rings (SSSR count). The van der Waals surface area contributed by atoms with Gasteiger partial charge in [-0.25, -0.2) is 4.79 Å². The van der Waals surface area contributed by atoms with Crippen molar-refractivity contribution in [3.8, 4) is 11.1 Å². The Labute approximate surface area is 141 Å². The average Bonchev–Trinajstić information content (AvgIpc) is 2.50. The molecule has 0 heterocycles. The van der Waals surface area contributed by atoms with Gasteiger partial charge in [-0.2, -0.15) is 0 Å². The molecule has 4 heteroatoms. The largest absolute Gasteiger partial charge is 0.441 e. The summed E-state index contributed by atoms with van der Waals surface area (Å²) in [6.45, 7) is 4.22. The van der Waals surface area contributed by atoms with Crippen molar-refractivity contribution in [2.24, 2.45) is 11.1 Å². The van der Waals surface area contributed by atoms with Crippen LogP contribution in [0.15, 0.2) is 42.5 Å². The fourth-order valence-corrected chi connectivity index (χ4v) is 3.36. The first-order chi connectivity index (χ1) is 10.9. The number of benzene rings is 2. The fraction of sp³-hybridized carbons (Fsp3) is 0.316. The molecule has 1 aliphatic carbocycles. The molecule has 0 aliphatic heterocycles. The second-order valence-corrected chi connectivity index (χ2v) is 7.16. The highest BCUT2D eigenvalue weighted by molar-refractivity contribution is 6.30. The van der Waals surface area contributed by atoms with Crippen LogP contribution in [0.4, 0.5) is 4.79 Å². The molecule has 0 radical (unpaired) electrons. The first-order valence-electron chi connectivity index (χ1n) is 7.72. The number of amides is 1. The van der Waals surface area contributed by atoms with Gasteiger partial charge in [-0.15, -0.1) is 0 Å². The van der Waals surface area contributed by atoms with Crippen LogP contribution < -0.4 is 5.73 Å². The highest BCUT2D eigenvalue weighted by atomic mass is 35.5. The molecule has 1 aliphatic rings. The summed E-state index contributed by atoms with van der Waals surface area (Å²) in [4.78, 5) is 11.3. The van der Waals surface area contributed by atoms with Crippen molar-refractivity contribution < 1.29 is 9.53 Å². The SMILES string of the molecule is CC1(C)CCc2ccc(-c3ccc(Cl)cc3)cc2C1OC(N)=O. The highest BCUT2D eigenvalue weighted by Gasteiger charge is 2.38. The Morgan fingerprint density at radius 2 is 1.83 bits per heavy atom. The molecule has 2 N–H and O–H groups in total. The van der Waals surface area contributed by atoms with Gasteiger partial charge in [0.2, 0.25) is 0 Å². The molecule has 0 spiro atoms. The number of ether oxygens (including phenoxy) is 1. The summed E-state index contributed by atoms with van der Waals surface area (Å²) < 4.78 is 5.46. The molecular formula is C19H20ClNO2. The van der Waals surface area contributed by atoms with Gasteiger partial charge in [0.15, 0.2) is 0 Å². The van der Waals surface area contributed by atoms with E-state index in [0.29, 0.717) is 5.02 Å². The number of carbonyl (C=O) groups excluding carboxylic acids is 1. The van der Waals surface area contributed by atoms with Crippen LogP contribution >= 0.6 is 11.6 Å². The van der Waals surface area contributed by atoms with Gasteiger partial charge in [-0.1, -0.05) is 49.7 Å². The zero-order valence-electron chi connectivity index (χ0n) is 13.3. The number of rotatable bonds is 2. The number of halogens is 1. The lowest BCUT2D eigenvalue weighted by Gasteiger charge is -2.39. The van der Waals surface area contributed by atoms with E-state index in [1.165, 1.54) is 5.56 Å². The number of hydrogen-bond donors (Lipinski definition) is 1. The lowest BCUT2D eigenvalue weighted by Crippen LogP contribution is -2.33. The van der Waals surface area contributed by atoms with Crippen molar-refractivity contribution in [2.75, 3.05) is 0 Å². The minimum atomic E-state index is -0.729. The predicted octanol–water partition coefficient (Wildman–Crippen LogP) is 5.12. The molecule has 1 amide bonds. The molecule has 3 nitrogen and oxygen atoms in total. The van der Waals surface area contributed by atoms with E-state index in [-0.39, 0.29) is 11.5 Å². The topological polar surface area (TPSA) is 52.3 Å². The van der Waals surface area contributed by atoms with Gasteiger partial charge in [0.05, 0.1) is 0 Å². The number of hydrogen-bond acceptors (Lipinski definition) is 2. The van der Waals surface area contributed by atoms with Crippen LogP contribution in [0.25, 0.3) is 11.1 Å². The summed E-state index contributed by atoms with van der Waals surface area (Å²) in [6.07, 6.45) is 0.879. The normalized spacial score (nSPS) is 19.0. The molecule has 0 saturated heterocycles. The number of primary amides is 1. The molecular weight excluding hydrogens is 310 g/mol. The molecule has 0 bridgehead atoms. The quantitative estimate of drug-likeness (QED) is 0.831. The summed E-state index contributed by atoms with van der Waals surface area (Å²) in [5.41, 5.74) is 9.58. The van der Waals surface area contributed by atoms with E-state index >= 15 is 0 Å². The summed E-state index contributed by atoms with van der Waals surface area (Å²) in [6, 6.07) is 14.0. The summed E-state index contributed by atoms with van der Waals surface area (Å²) in [5, 5.41) is 0.711. The van der Waals surface area contributed by atoms with Gasteiger partial charge >= 0.3 is 6.09 Å². The van der Waals surface area contributed by atoms with Crippen molar-refractivity contribution in [3.05, 3.63) is 58.6 Å². The second-order valence-electron chi connectivity index (χ2n) is 6.73. The van der Waals surface area contributed by atoms with Gasteiger partial charge < -0.3 is 10.5 Å². The van der Waals surface area contributed by atoms with E-state index in [9.17, 15) is 4.79 Å². The first-order valence-corrected chi connectivity index (χ1v) is 8.09. The van der Waals surface area contributed by atoms with Crippen LogP contribution in [0.2, 0.25) is 5.02 Å². The number of carbonyl (C=O) groups is 1. The third-order valence-corrected chi connectivity index (χ3v) is 4.84. The molecule has 0 aromatic heterocycles. The van der Waals surface area contributed by atoms with Crippen LogP contribution in [-0.2, 0) is 11.2 Å². The van der Waals surface area contributed by atoms with Crippen molar-refractivity contribution >= 4 is 17.7 Å². The van der Waals surface area contributed by atoms with E-state index in [4.69, 9.17) is 22.1 Å². The Morgan fingerprint density at radius 1 is 1.17 bits per heavy atom. The monoisotopic (exact) mass is 329 g/mol. The van der Waals surface area contributed by atoms with Gasteiger partial charge in [0.1, 0.15) is 6.10 Å². The molecule has 1 unspecified atom stereocenters. The maximum atomic E-state index is 11.3. The third kappa shape index (κ3) is 3.20. The highest BCUT2D eigenvalue weighted by Crippen LogP contribution is 2.46. The van der Waals surface area contributed by atoms with E-state index in [0.717, 1.165) is 29.5 Å². The minimum absolute atomic E-state index is 0.138. The van der Waals surface area contributed by atoms with Crippen molar-refractivity contribution in [3.63, 3.8) is 0 Å². The van der Waals surface area contributed by atoms with Crippen LogP contribution in [0.3, 0.4) is 0 Å². The second kappa shape index (κ2) is 5.89. The summed E-state index contributed by atoms with van der Waals surface area (Å²) in [5.74, 6) is 0. The lowest BCUT2D eigenvalue weighted by molar-refractivity contribution is 0.0147. The number of nitrogens with two attached hydrogens (primary N) is 1. The van der Waals surface area contributed by atoms with Crippen molar-refractivity contribution in [1.82, 2.24) is 0 Å². The zero-order chi connectivity index (χ0) is 16.6. The smallest absolute Gasteiger partial charge is 0.405 e. The Hall–Kier alpha value is -2.00. The Balaban J connectivity index is 2.06. The minimum Gasteiger partial charge on any atom is -0.441 e. The maximum absolute atomic E-state index is 11.3. The van der Waals surface area contributed by atoms with Crippen LogP contribution in [-0.4, -0.2) is 6.09 Å². The Kier molecular flexibility index (Phi) is 4.07. The van der Waals surface area contributed by atoms with E-state index in [1.807, 2.05) is 24.3 Å². The predicted molar refractivity (Wildman–Crippen MR) is 92.4 cm³/mol. The van der Waals surface area contributed by atoms with E-state index in [2.05, 4.69) is 32.0 Å². The van der Waals surface area contributed by atoms with Crippen LogP contribution in [0.1, 0.15) is 37.5 Å². The molecule has 2 aromatic rings. The van der Waals surface area contributed by atoms with E-state index in [1.54, 1.807) is 0 Å². The molecule has 2 aromatic carbocycles. The number of aryl methyl sites for hydroxylation is 1. The molecule has 120 valence electrons. The standard InChI is InChI=1S/C19H20ClNO2/c1-19(2)10-9-13-3-4-14(12-5-7-15(20)8-6-12)11-16(13)17(19)23-18(21)22/h3-8,11,17H,9-10H2,1-2H3,(H2,21,22). The summed E-state index contributed by atoms with van der Waals surface area (Å²) >= 11 is 5.96. The van der Waals surface area contributed by atoms with Gasteiger partial charge in [-0.05, 0) is 53.3 Å². The third-order valence-electron chi connectivity index (χ3n) is 4.59. The maximum Gasteiger partial charge on any atom is 0.405 e. The fourth-order valence-electron chi connectivity index (χ4n) is 3.24. The zero-order valence-corrected chi connectivity index (χ0v) is 14.1. The van der Waals surface area contributed by atoms with Gasteiger partial charge in [-0.3, -0.25) is 0 Å². The molecule has 0 fully saturated rings. The Bertz CT molecular complexity index is 738. The van der Waals surface area contributed by atoms with Gasteiger partial charge in [0.25, 0.3) is 0 Å². The number of fused-ring (bicyclic) bond motifs is 1. The molecule has 1 atom stereocenters. The van der Waals surface area contributed by atoms with Crippen molar-refractivity contribution in [1.29, 1.82) is 0 Å². The van der Waals surface area contributed by atoms with Crippen LogP contribution in [0, 0.1) is 5.41 Å². The van der Waals surface area contributed by atoms with Crippen molar-refractivity contribution in [2.45, 2.75) is 32.8 Å². The van der Waals surface area contributed by atoms with E-state index < -0.39 is 6.09 Å². The Morgan fingerprint density at radius 3 is 2.48 bits per heavy atom. The first kappa shape index (κ1) is 15.9. The average molecular weight is 330 g/mol.